The molecule has 0 aliphatic rings. The summed E-state index contributed by atoms with van der Waals surface area (Å²) in [5, 5.41) is 21.5. The lowest BCUT2D eigenvalue weighted by molar-refractivity contribution is 0.0697. The summed E-state index contributed by atoms with van der Waals surface area (Å²) in [5.41, 5.74) is 1.87. The summed E-state index contributed by atoms with van der Waals surface area (Å²) in [7, 11) is 0. The Morgan fingerprint density at radius 2 is 2.14 bits per heavy atom. The van der Waals surface area contributed by atoms with Crippen molar-refractivity contribution in [2.45, 2.75) is 4.90 Å². The van der Waals surface area contributed by atoms with Gasteiger partial charge >= 0.3 is 5.97 Å². The smallest absolute Gasteiger partial charge is 0.337 e. The number of carboxylic acids is 1. The summed E-state index contributed by atoms with van der Waals surface area (Å²) >= 11 is 7.42. The number of benzene rings is 2. The van der Waals surface area contributed by atoms with Gasteiger partial charge in [-0.15, -0.1) is 11.8 Å². The van der Waals surface area contributed by atoms with Gasteiger partial charge in [0, 0.05) is 10.6 Å². The highest BCUT2D eigenvalue weighted by Crippen LogP contribution is 2.30. The third-order valence-electron chi connectivity index (χ3n) is 2.84. The summed E-state index contributed by atoms with van der Waals surface area (Å²) in [6.45, 7) is 0. The zero-order valence-corrected chi connectivity index (χ0v) is 12.6. The molecule has 0 saturated carbocycles. The molecule has 0 aromatic heterocycles. The molecule has 0 saturated heterocycles. The van der Waals surface area contributed by atoms with Crippen LogP contribution in [0, 0.1) is 11.3 Å². The topological polar surface area (TPSA) is 73.1 Å². The van der Waals surface area contributed by atoms with E-state index in [0.717, 1.165) is 4.90 Å². The van der Waals surface area contributed by atoms with Gasteiger partial charge in [0.05, 0.1) is 21.8 Å². The van der Waals surface area contributed by atoms with E-state index < -0.39 is 5.97 Å². The molecule has 106 valence electrons. The minimum Gasteiger partial charge on any atom is -0.478 e. The van der Waals surface area contributed by atoms with E-state index in [1.807, 2.05) is 18.4 Å². The molecule has 0 aliphatic carbocycles. The van der Waals surface area contributed by atoms with Crippen molar-refractivity contribution in [3.63, 3.8) is 0 Å². The predicted octanol–water partition coefficient (Wildman–Crippen LogP) is 4.38. The predicted molar refractivity (Wildman–Crippen MR) is 84.6 cm³/mol. The second-order valence-electron chi connectivity index (χ2n) is 4.12. The van der Waals surface area contributed by atoms with E-state index in [9.17, 15) is 10.1 Å². The number of carboxylic acid groups (broad SMARTS) is 1. The first-order valence-corrected chi connectivity index (χ1v) is 7.54. The molecule has 0 atom stereocenters. The van der Waals surface area contributed by atoms with Crippen LogP contribution in [0.3, 0.4) is 0 Å². The van der Waals surface area contributed by atoms with Crippen molar-refractivity contribution in [1.29, 1.82) is 5.26 Å². The molecule has 21 heavy (non-hydrogen) atoms. The molecule has 6 heteroatoms. The highest BCUT2D eigenvalue weighted by Gasteiger charge is 2.11. The summed E-state index contributed by atoms with van der Waals surface area (Å²) in [4.78, 5) is 11.8. The van der Waals surface area contributed by atoms with Crippen LogP contribution in [-0.2, 0) is 0 Å². The lowest BCUT2D eigenvalue weighted by atomic mass is 10.1. The van der Waals surface area contributed by atoms with Gasteiger partial charge in [0.1, 0.15) is 6.07 Å². The Morgan fingerprint density at radius 3 is 2.71 bits per heavy atom. The lowest BCUT2D eigenvalue weighted by Crippen LogP contribution is -1.99. The maximum absolute atomic E-state index is 10.9. The van der Waals surface area contributed by atoms with Gasteiger partial charge in [-0.05, 0) is 36.6 Å². The summed E-state index contributed by atoms with van der Waals surface area (Å²) in [6, 6.07) is 12.2. The number of hydrogen-bond acceptors (Lipinski definition) is 4. The van der Waals surface area contributed by atoms with Crippen molar-refractivity contribution in [1.82, 2.24) is 0 Å². The van der Waals surface area contributed by atoms with Crippen LogP contribution < -0.4 is 5.32 Å². The maximum Gasteiger partial charge on any atom is 0.337 e. The third-order valence-corrected chi connectivity index (χ3v) is 3.93. The molecule has 2 aromatic rings. The van der Waals surface area contributed by atoms with E-state index in [1.165, 1.54) is 23.9 Å². The number of anilines is 2. The first kappa shape index (κ1) is 15.2. The third kappa shape index (κ3) is 3.30. The van der Waals surface area contributed by atoms with E-state index in [0.29, 0.717) is 16.9 Å². The average molecular weight is 319 g/mol. The molecule has 0 amide bonds. The second kappa shape index (κ2) is 6.53. The highest BCUT2D eigenvalue weighted by molar-refractivity contribution is 7.98. The Labute approximate surface area is 131 Å². The van der Waals surface area contributed by atoms with Gasteiger partial charge < -0.3 is 10.4 Å². The van der Waals surface area contributed by atoms with Crippen molar-refractivity contribution in [3.8, 4) is 6.07 Å². The van der Waals surface area contributed by atoms with Gasteiger partial charge in [-0.2, -0.15) is 5.26 Å². The lowest BCUT2D eigenvalue weighted by Gasteiger charge is -2.11. The van der Waals surface area contributed by atoms with Crippen LogP contribution >= 0.6 is 23.4 Å². The zero-order chi connectivity index (χ0) is 15.4. The normalized spacial score (nSPS) is 9.95. The molecule has 4 nitrogen and oxygen atoms in total. The van der Waals surface area contributed by atoms with Gasteiger partial charge in [0.15, 0.2) is 0 Å². The van der Waals surface area contributed by atoms with Crippen molar-refractivity contribution in [3.05, 3.63) is 52.5 Å². The Morgan fingerprint density at radius 1 is 1.38 bits per heavy atom. The molecular weight excluding hydrogens is 308 g/mol. The highest BCUT2D eigenvalue weighted by atomic mass is 35.5. The fourth-order valence-electron chi connectivity index (χ4n) is 1.84. The fourth-order valence-corrected chi connectivity index (χ4v) is 2.68. The van der Waals surface area contributed by atoms with Gasteiger partial charge in [-0.25, -0.2) is 4.79 Å². The molecule has 0 unspecified atom stereocenters. The molecule has 0 aliphatic heterocycles. The molecule has 2 N–H and O–H groups in total. The summed E-state index contributed by atoms with van der Waals surface area (Å²) < 4.78 is 0. The largest absolute Gasteiger partial charge is 0.478 e. The SMILES string of the molecule is CSc1cccc(Nc2ccc(C(=O)O)c(Cl)c2)c1C#N. The number of halogens is 1. The molecule has 0 radical (unpaired) electrons. The van der Waals surface area contributed by atoms with Crippen LogP contribution in [0.4, 0.5) is 11.4 Å². The molecule has 0 spiro atoms. The first-order chi connectivity index (χ1) is 10.1. The van der Waals surface area contributed by atoms with E-state index >= 15 is 0 Å². The number of rotatable bonds is 4. The average Bonchev–Trinajstić information content (AvgIpc) is 2.46. The summed E-state index contributed by atoms with van der Waals surface area (Å²) in [5.74, 6) is -1.08. The fraction of sp³-hybridized carbons (Fsp3) is 0.0667. The molecule has 0 heterocycles. The Kier molecular flexibility index (Phi) is 4.73. The molecule has 0 fully saturated rings. The first-order valence-electron chi connectivity index (χ1n) is 5.93. The van der Waals surface area contributed by atoms with Gasteiger partial charge in [-0.3, -0.25) is 0 Å². The second-order valence-corrected chi connectivity index (χ2v) is 5.37. The van der Waals surface area contributed by atoms with Gasteiger partial charge in [0.25, 0.3) is 0 Å². The molecule has 0 bridgehead atoms. The molecular formula is C15H11ClN2O2S. The number of carbonyl (C=O) groups is 1. The quantitative estimate of drug-likeness (QED) is 0.819. The monoisotopic (exact) mass is 318 g/mol. The van der Waals surface area contributed by atoms with Crippen molar-refractivity contribution in [2.24, 2.45) is 0 Å². The van der Waals surface area contributed by atoms with E-state index in [2.05, 4.69) is 11.4 Å². The number of hydrogen-bond donors (Lipinski definition) is 2. The Hall–Kier alpha value is -2.16. The zero-order valence-electron chi connectivity index (χ0n) is 11.1. The minimum absolute atomic E-state index is 0.0422. The van der Waals surface area contributed by atoms with Crippen LogP contribution in [0.1, 0.15) is 15.9 Å². The van der Waals surface area contributed by atoms with Crippen LogP contribution in [0.2, 0.25) is 5.02 Å². The Balaban J connectivity index is 2.37. The van der Waals surface area contributed by atoms with Crippen LogP contribution in [0.5, 0.6) is 0 Å². The van der Waals surface area contributed by atoms with Crippen molar-refractivity contribution in [2.75, 3.05) is 11.6 Å². The number of nitrogens with zero attached hydrogens (tertiary/aromatic N) is 1. The van der Waals surface area contributed by atoms with Crippen LogP contribution in [0.15, 0.2) is 41.3 Å². The van der Waals surface area contributed by atoms with Gasteiger partial charge in [-0.1, -0.05) is 17.7 Å². The van der Waals surface area contributed by atoms with Gasteiger partial charge in [0.2, 0.25) is 0 Å². The van der Waals surface area contributed by atoms with Crippen molar-refractivity contribution < 1.29 is 9.90 Å². The minimum atomic E-state index is -1.08. The number of thioether (sulfide) groups is 1. The van der Waals surface area contributed by atoms with Crippen LogP contribution in [0.25, 0.3) is 0 Å². The molecule has 2 aromatic carbocycles. The number of aromatic carboxylic acids is 1. The maximum atomic E-state index is 10.9. The number of nitriles is 1. The van der Waals surface area contributed by atoms with E-state index in [4.69, 9.17) is 16.7 Å². The van der Waals surface area contributed by atoms with E-state index in [1.54, 1.807) is 12.1 Å². The van der Waals surface area contributed by atoms with Crippen LogP contribution in [-0.4, -0.2) is 17.3 Å². The molecule has 2 rings (SSSR count). The van der Waals surface area contributed by atoms with E-state index in [-0.39, 0.29) is 10.6 Å². The van der Waals surface area contributed by atoms with Crippen molar-refractivity contribution >= 4 is 40.7 Å². The Bertz CT molecular complexity index is 741. The number of nitrogens with one attached hydrogen (secondary N) is 1. The standard InChI is InChI=1S/C15H11ClN2O2S/c1-21-14-4-2-3-13(11(14)8-17)18-9-5-6-10(15(19)20)12(16)7-9/h2-7,18H,1H3,(H,19,20). The summed E-state index contributed by atoms with van der Waals surface area (Å²) in [6.07, 6.45) is 1.90.